The predicted molar refractivity (Wildman–Crippen MR) is 116 cm³/mol. The van der Waals surface area contributed by atoms with Crippen LogP contribution < -0.4 is 0 Å². The molecular formula is C27H46. The molecule has 0 spiro atoms. The van der Waals surface area contributed by atoms with Gasteiger partial charge < -0.3 is 0 Å². The topological polar surface area (TPSA) is 0 Å². The Labute approximate surface area is 169 Å². The van der Waals surface area contributed by atoms with Gasteiger partial charge in [0.2, 0.25) is 0 Å². The molecule has 0 nitrogen and oxygen atoms in total. The lowest BCUT2D eigenvalue weighted by atomic mass is 9.55. The van der Waals surface area contributed by atoms with Gasteiger partial charge in [-0.05, 0) is 130 Å². The standard InChI is InChI=1S/C27H46/c1-18-13-25(14-18)22-9-11-24(12-10-22)27(26-15-19(2)16-26)23-7-5-21(6-8-23)17-20-3-4-20/h18-27H,3-17H2,1-2H3. The zero-order valence-corrected chi connectivity index (χ0v) is 18.4. The summed E-state index contributed by atoms with van der Waals surface area (Å²) in [5.74, 6) is 11.1. The molecule has 0 N–H and O–H groups in total. The fraction of sp³-hybridized carbons (Fsp3) is 1.00. The Balaban J connectivity index is 1.16. The molecule has 154 valence electrons. The van der Waals surface area contributed by atoms with Gasteiger partial charge in [-0.1, -0.05) is 39.5 Å². The maximum absolute atomic E-state index is 2.51. The van der Waals surface area contributed by atoms with Crippen molar-refractivity contribution in [2.75, 3.05) is 0 Å². The summed E-state index contributed by atoms with van der Waals surface area (Å²) < 4.78 is 0. The lowest BCUT2D eigenvalue weighted by molar-refractivity contribution is -0.00188. The number of hydrogen-bond acceptors (Lipinski definition) is 0. The Morgan fingerprint density at radius 2 is 1.00 bits per heavy atom. The summed E-state index contributed by atoms with van der Waals surface area (Å²) in [6.07, 6.45) is 23.8. The van der Waals surface area contributed by atoms with Crippen LogP contribution in [0.15, 0.2) is 0 Å². The first-order chi connectivity index (χ1) is 13.2. The molecule has 0 aliphatic heterocycles. The van der Waals surface area contributed by atoms with Gasteiger partial charge in [-0.25, -0.2) is 0 Å². The normalized spacial score (nSPS) is 49.1. The van der Waals surface area contributed by atoms with E-state index in [0.717, 1.165) is 59.2 Å². The highest BCUT2D eigenvalue weighted by Crippen LogP contribution is 2.54. The fourth-order valence-corrected chi connectivity index (χ4v) is 8.42. The third-order valence-corrected chi connectivity index (χ3v) is 10.2. The van der Waals surface area contributed by atoms with Crippen molar-refractivity contribution in [1.82, 2.24) is 0 Å². The summed E-state index contributed by atoms with van der Waals surface area (Å²) in [5.41, 5.74) is 0. The van der Waals surface area contributed by atoms with E-state index in [1.54, 1.807) is 96.3 Å². The molecule has 5 aliphatic rings. The van der Waals surface area contributed by atoms with Gasteiger partial charge in [0.25, 0.3) is 0 Å². The van der Waals surface area contributed by atoms with Crippen LogP contribution >= 0.6 is 0 Å². The van der Waals surface area contributed by atoms with Crippen LogP contribution in [0.3, 0.4) is 0 Å². The van der Waals surface area contributed by atoms with E-state index < -0.39 is 0 Å². The van der Waals surface area contributed by atoms with E-state index in [4.69, 9.17) is 0 Å². The van der Waals surface area contributed by atoms with Crippen LogP contribution in [0.2, 0.25) is 0 Å². The van der Waals surface area contributed by atoms with E-state index in [0.29, 0.717) is 0 Å². The SMILES string of the molecule is CC1CC(C2CCC(C(C3CCC(CC4CC4)CC3)C3CC(C)C3)CC2)C1. The Bertz CT molecular complexity index is 462. The van der Waals surface area contributed by atoms with Crippen molar-refractivity contribution in [2.24, 2.45) is 59.2 Å². The molecule has 27 heavy (non-hydrogen) atoms. The maximum Gasteiger partial charge on any atom is -0.0329 e. The van der Waals surface area contributed by atoms with Crippen molar-refractivity contribution in [3.8, 4) is 0 Å². The lowest BCUT2D eigenvalue weighted by Crippen LogP contribution is -2.41. The first-order valence-electron chi connectivity index (χ1n) is 13.2. The number of rotatable bonds is 6. The van der Waals surface area contributed by atoms with Crippen LogP contribution in [0.25, 0.3) is 0 Å². The molecule has 0 aromatic rings. The Morgan fingerprint density at radius 1 is 0.519 bits per heavy atom. The molecule has 0 bridgehead atoms. The molecule has 0 saturated heterocycles. The van der Waals surface area contributed by atoms with Crippen LogP contribution in [0, 0.1) is 59.2 Å². The predicted octanol–water partition coefficient (Wildman–Crippen LogP) is 8.11. The third-order valence-electron chi connectivity index (χ3n) is 10.2. The van der Waals surface area contributed by atoms with Crippen LogP contribution in [0.4, 0.5) is 0 Å². The van der Waals surface area contributed by atoms with Gasteiger partial charge >= 0.3 is 0 Å². The lowest BCUT2D eigenvalue weighted by Gasteiger charge is -2.50. The zero-order valence-electron chi connectivity index (χ0n) is 18.4. The van der Waals surface area contributed by atoms with Crippen LogP contribution in [-0.4, -0.2) is 0 Å². The molecule has 0 radical (unpaired) electrons. The van der Waals surface area contributed by atoms with Gasteiger partial charge in [-0.3, -0.25) is 0 Å². The maximum atomic E-state index is 2.51. The van der Waals surface area contributed by atoms with Gasteiger partial charge in [0.1, 0.15) is 0 Å². The minimum absolute atomic E-state index is 1.04. The summed E-state index contributed by atoms with van der Waals surface area (Å²) in [6, 6.07) is 0. The van der Waals surface area contributed by atoms with E-state index in [9.17, 15) is 0 Å². The monoisotopic (exact) mass is 370 g/mol. The Hall–Kier alpha value is 0. The van der Waals surface area contributed by atoms with Crippen molar-refractivity contribution < 1.29 is 0 Å². The molecule has 1 atom stereocenters. The average Bonchev–Trinajstić information content (AvgIpc) is 3.44. The van der Waals surface area contributed by atoms with E-state index in [2.05, 4.69) is 13.8 Å². The summed E-state index contributed by atoms with van der Waals surface area (Å²) in [5, 5.41) is 0. The van der Waals surface area contributed by atoms with Crippen molar-refractivity contribution in [1.29, 1.82) is 0 Å². The first-order valence-corrected chi connectivity index (χ1v) is 13.2. The number of hydrogen-bond donors (Lipinski definition) is 0. The second kappa shape index (κ2) is 8.02. The summed E-state index contributed by atoms with van der Waals surface area (Å²) >= 11 is 0. The highest BCUT2D eigenvalue weighted by Gasteiger charge is 2.44. The summed E-state index contributed by atoms with van der Waals surface area (Å²) in [7, 11) is 0. The molecule has 5 saturated carbocycles. The Morgan fingerprint density at radius 3 is 1.48 bits per heavy atom. The minimum atomic E-state index is 1.04. The molecule has 0 amide bonds. The Kier molecular flexibility index (Phi) is 5.64. The van der Waals surface area contributed by atoms with E-state index in [1.165, 1.54) is 0 Å². The molecule has 0 aromatic carbocycles. The van der Waals surface area contributed by atoms with Crippen molar-refractivity contribution in [2.45, 2.75) is 110 Å². The van der Waals surface area contributed by atoms with Crippen LogP contribution in [-0.2, 0) is 0 Å². The van der Waals surface area contributed by atoms with Crippen LogP contribution in [0.5, 0.6) is 0 Å². The minimum Gasteiger partial charge on any atom is -0.0625 e. The molecule has 0 heteroatoms. The first kappa shape index (κ1) is 19.0. The second-order valence-electron chi connectivity index (χ2n) is 12.4. The third kappa shape index (κ3) is 4.30. The summed E-state index contributed by atoms with van der Waals surface area (Å²) in [6.45, 7) is 4.98. The molecule has 5 rings (SSSR count). The smallest absolute Gasteiger partial charge is 0.0329 e. The van der Waals surface area contributed by atoms with Gasteiger partial charge in [-0.2, -0.15) is 0 Å². The molecule has 5 aliphatic carbocycles. The largest absolute Gasteiger partial charge is 0.0625 e. The van der Waals surface area contributed by atoms with E-state index in [-0.39, 0.29) is 0 Å². The molecule has 5 fully saturated rings. The van der Waals surface area contributed by atoms with Crippen molar-refractivity contribution >= 4 is 0 Å². The van der Waals surface area contributed by atoms with E-state index >= 15 is 0 Å². The molecule has 1 unspecified atom stereocenters. The fourth-order valence-electron chi connectivity index (χ4n) is 8.42. The highest BCUT2D eigenvalue weighted by molar-refractivity contribution is 4.94. The van der Waals surface area contributed by atoms with Crippen molar-refractivity contribution in [3.63, 3.8) is 0 Å². The van der Waals surface area contributed by atoms with Gasteiger partial charge in [0.05, 0.1) is 0 Å². The molecule has 0 heterocycles. The van der Waals surface area contributed by atoms with E-state index in [1.807, 2.05) is 0 Å². The quantitative estimate of drug-likeness (QED) is 0.443. The van der Waals surface area contributed by atoms with Gasteiger partial charge in [0, 0.05) is 0 Å². The van der Waals surface area contributed by atoms with Crippen LogP contribution in [0.1, 0.15) is 110 Å². The second-order valence-corrected chi connectivity index (χ2v) is 12.4. The molecular weight excluding hydrogens is 324 g/mol. The van der Waals surface area contributed by atoms with Gasteiger partial charge in [0.15, 0.2) is 0 Å². The zero-order chi connectivity index (χ0) is 18.4. The average molecular weight is 371 g/mol. The summed E-state index contributed by atoms with van der Waals surface area (Å²) in [4.78, 5) is 0. The van der Waals surface area contributed by atoms with Crippen molar-refractivity contribution in [3.05, 3.63) is 0 Å². The highest BCUT2D eigenvalue weighted by atomic mass is 14.5. The molecule has 0 aromatic heterocycles. The van der Waals surface area contributed by atoms with Gasteiger partial charge in [-0.15, -0.1) is 0 Å².